The molecule has 2 atom stereocenters. The van der Waals surface area contributed by atoms with Gasteiger partial charge in [0.25, 0.3) is 0 Å². The Morgan fingerprint density at radius 1 is 1.09 bits per heavy atom. The molecule has 226 valence electrons. The predicted molar refractivity (Wildman–Crippen MR) is 161 cm³/mol. The van der Waals surface area contributed by atoms with E-state index >= 15 is 0 Å². The van der Waals surface area contributed by atoms with E-state index in [0.29, 0.717) is 46.7 Å². The number of benzene rings is 3. The summed E-state index contributed by atoms with van der Waals surface area (Å²) in [6.45, 7) is 4.01. The van der Waals surface area contributed by atoms with Gasteiger partial charge in [0.05, 0.1) is 31.5 Å². The van der Waals surface area contributed by atoms with Gasteiger partial charge in [0.2, 0.25) is 0 Å². The maximum atomic E-state index is 12.4. The summed E-state index contributed by atoms with van der Waals surface area (Å²) in [4.78, 5) is 24.6. The van der Waals surface area contributed by atoms with Crippen molar-refractivity contribution in [2.75, 3.05) is 20.3 Å². The first-order chi connectivity index (χ1) is 20.8. The van der Waals surface area contributed by atoms with E-state index in [2.05, 4.69) is 21.2 Å². The lowest BCUT2D eigenvalue weighted by molar-refractivity contribution is -0.136. The average molecular weight is 609 g/mol. The molecule has 0 spiro atoms. The number of hydrazone groups is 1. The quantitative estimate of drug-likeness (QED) is 0.0967. The number of amides is 2. The highest BCUT2D eigenvalue weighted by molar-refractivity contribution is 6.30. The summed E-state index contributed by atoms with van der Waals surface area (Å²) in [5.41, 5.74) is 5.60. The van der Waals surface area contributed by atoms with Crippen LogP contribution in [0.4, 0.5) is 4.79 Å². The number of carbonyl (C=O) groups is 2. The number of aliphatic hydroxyl groups excluding tert-OH is 1. The van der Waals surface area contributed by atoms with E-state index in [-0.39, 0.29) is 12.2 Å². The van der Waals surface area contributed by atoms with Crippen molar-refractivity contribution in [3.8, 4) is 17.2 Å². The summed E-state index contributed by atoms with van der Waals surface area (Å²) in [5.74, 6) is 0.827. The Labute approximate surface area is 254 Å². The number of carbonyl (C=O) groups excluding carboxylic acids is 2. The van der Waals surface area contributed by atoms with Gasteiger partial charge in [0.15, 0.2) is 17.7 Å². The lowest BCUT2D eigenvalue weighted by Crippen LogP contribution is -2.45. The molecule has 2 amide bonds. The van der Waals surface area contributed by atoms with Crippen molar-refractivity contribution in [2.24, 2.45) is 5.10 Å². The Kier molecular flexibility index (Phi) is 10.8. The van der Waals surface area contributed by atoms with E-state index in [1.807, 2.05) is 55.5 Å². The molecule has 0 saturated carbocycles. The van der Waals surface area contributed by atoms with Gasteiger partial charge in [0, 0.05) is 10.7 Å². The molecule has 3 aromatic carbocycles. The molecule has 0 unspecified atom stereocenters. The molecule has 0 radical (unpaired) electrons. The molecule has 4 N–H and O–H groups in total. The highest BCUT2D eigenvalue weighted by atomic mass is 35.5. The Morgan fingerprint density at radius 3 is 2.67 bits per heavy atom. The van der Waals surface area contributed by atoms with E-state index in [4.69, 9.17) is 30.5 Å². The molecule has 0 aliphatic carbocycles. The SMILES string of the molecule is CCOc1cc([C@H]2NC(=O)NC(C)=C2C(=O)OC)ccc1OC[C@@H](O)N/N=C/c1cccc(OCc2cccc(Cl)c2)c1. The molecular weight excluding hydrogens is 576 g/mol. The molecule has 0 aromatic heterocycles. The second-order valence-electron chi connectivity index (χ2n) is 9.41. The summed E-state index contributed by atoms with van der Waals surface area (Å²) in [7, 11) is 1.28. The molecule has 0 saturated heterocycles. The Balaban J connectivity index is 1.35. The van der Waals surface area contributed by atoms with Crippen molar-refractivity contribution in [3.63, 3.8) is 0 Å². The third-order valence-corrected chi connectivity index (χ3v) is 6.50. The zero-order chi connectivity index (χ0) is 30.8. The molecule has 1 aliphatic heterocycles. The molecule has 43 heavy (non-hydrogen) atoms. The monoisotopic (exact) mass is 608 g/mol. The van der Waals surface area contributed by atoms with Crippen molar-refractivity contribution < 1.29 is 33.6 Å². The van der Waals surface area contributed by atoms with Gasteiger partial charge in [-0.3, -0.25) is 5.43 Å². The summed E-state index contributed by atoms with van der Waals surface area (Å²) >= 11 is 6.03. The number of nitrogens with one attached hydrogen (secondary N) is 3. The first kappa shape index (κ1) is 31.2. The van der Waals surface area contributed by atoms with Crippen molar-refractivity contribution >= 4 is 29.8 Å². The van der Waals surface area contributed by atoms with Gasteiger partial charge < -0.3 is 34.7 Å². The van der Waals surface area contributed by atoms with Crippen LogP contribution in [0.3, 0.4) is 0 Å². The summed E-state index contributed by atoms with van der Waals surface area (Å²) in [6, 6.07) is 18.6. The third-order valence-electron chi connectivity index (χ3n) is 6.26. The van der Waals surface area contributed by atoms with Gasteiger partial charge in [-0.1, -0.05) is 41.9 Å². The van der Waals surface area contributed by atoms with E-state index in [0.717, 1.165) is 11.1 Å². The minimum Gasteiger partial charge on any atom is -0.490 e. The number of urea groups is 1. The van der Waals surface area contributed by atoms with Crippen LogP contribution in [0.25, 0.3) is 0 Å². The largest absolute Gasteiger partial charge is 0.490 e. The van der Waals surface area contributed by atoms with Crippen LogP contribution >= 0.6 is 11.6 Å². The predicted octanol–water partition coefficient (Wildman–Crippen LogP) is 4.44. The van der Waals surface area contributed by atoms with Crippen LogP contribution in [-0.2, 0) is 16.1 Å². The van der Waals surface area contributed by atoms with Crippen LogP contribution in [0.15, 0.2) is 83.1 Å². The van der Waals surface area contributed by atoms with E-state index in [1.165, 1.54) is 7.11 Å². The average Bonchev–Trinajstić information content (AvgIpc) is 2.99. The van der Waals surface area contributed by atoms with Crippen LogP contribution in [0, 0.1) is 0 Å². The first-order valence-corrected chi connectivity index (χ1v) is 13.8. The van der Waals surface area contributed by atoms with E-state index in [1.54, 1.807) is 31.3 Å². The first-order valence-electron chi connectivity index (χ1n) is 13.5. The lowest BCUT2D eigenvalue weighted by atomic mass is 9.95. The minimum absolute atomic E-state index is 0.143. The van der Waals surface area contributed by atoms with Crippen LogP contribution in [0.1, 0.15) is 36.6 Å². The fourth-order valence-corrected chi connectivity index (χ4v) is 4.51. The van der Waals surface area contributed by atoms with E-state index < -0.39 is 24.3 Å². The maximum Gasteiger partial charge on any atom is 0.337 e. The lowest BCUT2D eigenvalue weighted by Gasteiger charge is -2.28. The van der Waals surface area contributed by atoms with Gasteiger partial charge >= 0.3 is 12.0 Å². The fraction of sp³-hybridized carbons (Fsp3) is 0.258. The number of methoxy groups -OCH3 is 1. The van der Waals surface area contributed by atoms with Gasteiger partial charge in [-0.15, -0.1) is 0 Å². The number of halogens is 1. The third kappa shape index (κ3) is 8.63. The van der Waals surface area contributed by atoms with Crippen LogP contribution < -0.4 is 30.3 Å². The highest BCUT2D eigenvalue weighted by Crippen LogP contribution is 2.35. The van der Waals surface area contributed by atoms with Gasteiger partial charge in [-0.2, -0.15) is 5.10 Å². The molecular formula is C31H33ClN4O7. The molecule has 1 aliphatic rings. The zero-order valence-corrected chi connectivity index (χ0v) is 24.7. The summed E-state index contributed by atoms with van der Waals surface area (Å²) in [5, 5.41) is 20.5. The maximum absolute atomic E-state index is 12.4. The number of ether oxygens (including phenoxy) is 4. The smallest absolute Gasteiger partial charge is 0.337 e. The number of aliphatic hydroxyl groups is 1. The topological polar surface area (TPSA) is 140 Å². The Hall–Kier alpha value is -4.74. The van der Waals surface area contributed by atoms with Gasteiger partial charge in [-0.25, -0.2) is 9.59 Å². The molecule has 0 bridgehead atoms. The Morgan fingerprint density at radius 2 is 1.91 bits per heavy atom. The van der Waals surface area contributed by atoms with Crippen LogP contribution in [-0.4, -0.2) is 49.9 Å². The number of nitrogens with zero attached hydrogens (tertiary/aromatic N) is 1. The summed E-state index contributed by atoms with van der Waals surface area (Å²) in [6.07, 6.45) is 0.422. The fourth-order valence-electron chi connectivity index (χ4n) is 4.30. The zero-order valence-electron chi connectivity index (χ0n) is 23.9. The standard InChI is InChI=1S/C31H33ClN4O7/c1-4-41-26-15-22(29-28(30(38)40-3)19(2)34-31(39)35-29)11-12-25(26)43-18-27(37)36-33-16-20-7-6-10-24(14-20)42-17-21-8-5-9-23(32)13-21/h5-16,27,29,36-37H,4,17-18H2,1-3H3,(H2,34,35,39)/b33-16+/t27-,29-/m1/s1. The Bertz CT molecular complexity index is 1510. The molecule has 4 rings (SSSR count). The molecule has 1 heterocycles. The second kappa shape index (κ2) is 14.9. The second-order valence-corrected chi connectivity index (χ2v) is 9.84. The van der Waals surface area contributed by atoms with E-state index in [9.17, 15) is 14.7 Å². The molecule has 0 fully saturated rings. The van der Waals surface area contributed by atoms with Crippen molar-refractivity contribution in [1.29, 1.82) is 0 Å². The number of esters is 1. The van der Waals surface area contributed by atoms with Crippen molar-refractivity contribution in [2.45, 2.75) is 32.7 Å². The number of rotatable bonds is 13. The normalized spacial score (nSPS) is 15.4. The van der Waals surface area contributed by atoms with Crippen molar-refractivity contribution in [3.05, 3.63) is 99.7 Å². The molecule has 12 heteroatoms. The highest BCUT2D eigenvalue weighted by Gasteiger charge is 2.32. The van der Waals surface area contributed by atoms with Crippen molar-refractivity contribution in [1.82, 2.24) is 16.1 Å². The minimum atomic E-state index is -1.13. The number of hydrogen-bond donors (Lipinski definition) is 4. The van der Waals surface area contributed by atoms with Gasteiger partial charge in [-0.05, 0) is 66.9 Å². The molecule has 11 nitrogen and oxygen atoms in total. The molecule has 3 aromatic rings. The number of allylic oxidation sites excluding steroid dienone is 1. The number of hydrogen-bond acceptors (Lipinski definition) is 9. The van der Waals surface area contributed by atoms with Crippen LogP contribution in [0.2, 0.25) is 5.02 Å². The van der Waals surface area contributed by atoms with Gasteiger partial charge in [0.1, 0.15) is 19.0 Å². The van der Waals surface area contributed by atoms with Crippen LogP contribution in [0.5, 0.6) is 17.2 Å². The summed E-state index contributed by atoms with van der Waals surface area (Å²) < 4.78 is 22.3.